The Bertz CT molecular complexity index is 1080. The molecule has 4 rings (SSSR count). The van der Waals surface area contributed by atoms with Gasteiger partial charge in [-0.2, -0.15) is 5.10 Å². The molecule has 1 aliphatic rings. The predicted octanol–water partition coefficient (Wildman–Crippen LogP) is 3.29. The van der Waals surface area contributed by atoms with E-state index in [2.05, 4.69) is 37.4 Å². The van der Waals surface area contributed by atoms with E-state index < -0.39 is 5.92 Å². The van der Waals surface area contributed by atoms with Crippen LogP contribution in [0.15, 0.2) is 55.4 Å². The molecule has 3 N–H and O–H groups in total. The van der Waals surface area contributed by atoms with Crippen LogP contribution in [0.1, 0.15) is 48.7 Å². The number of rotatable bonds is 8. The fourth-order valence-electron chi connectivity index (χ4n) is 3.15. The van der Waals surface area contributed by atoms with Gasteiger partial charge in [0.25, 0.3) is 0 Å². The van der Waals surface area contributed by atoms with E-state index >= 15 is 0 Å². The van der Waals surface area contributed by atoms with Gasteiger partial charge in [0.2, 0.25) is 11.8 Å². The molecular formula is C23H24N6O2. The first-order valence-corrected chi connectivity index (χ1v) is 10.2. The topological polar surface area (TPSA) is 113 Å². The van der Waals surface area contributed by atoms with Crippen LogP contribution < -0.4 is 10.6 Å². The zero-order valence-electron chi connectivity index (χ0n) is 17.3. The Morgan fingerprint density at radius 1 is 1.19 bits per heavy atom. The quantitative estimate of drug-likeness (QED) is 0.488. The highest BCUT2D eigenvalue weighted by Gasteiger charge is 2.26. The van der Waals surface area contributed by atoms with Crippen LogP contribution >= 0.6 is 0 Å². The smallest absolute Gasteiger partial charge is 0.243 e. The Balaban J connectivity index is 1.36. The molecule has 0 spiro atoms. The summed E-state index contributed by atoms with van der Waals surface area (Å²) in [7, 11) is 0. The van der Waals surface area contributed by atoms with Gasteiger partial charge in [-0.05, 0) is 38.0 Å². The van der Waals surface area contributed by atoms with Gasteiger partial charge in [0.1, 0.15) is 0 Å². The van der Waals surface area contributed by atoms with Gasteiger partial charge in [-0.25, -0.2) is 0 Å². The second kappa shape index (κ2) is 8.91. The van der Waals surface area contributed by atoms with Gasteiger partial charge in [-0.15, -0.1) is 0 Å². The Morgan fingerprint density at radius 3 is 2.55 bits per heavy atom. The molecule has 8 nitrogen and oxygen atoms in total. The van der Waals surface area contributed by atoms with Crippen molar-refractivity contribution < 1.29 is 9.59 Å². The van der Waals surface area contributed by atoms with Crippen LogP contribution in [0, 0.1) is 0 Å². The molecule has 1 fully saturated rings. The molecule has 1 saturated carbocycles. The summed E-state index contributed by atoms with van der Waals surface area (Å²) < 4.78 is 0. The minimum atomic E-state index is -0.413. The van der Waals surface area contributed by atoms with Gasteiger partial charge in [0, 0.05) is 41.2 Å². The number of H-pyrrole nitrogens is 1. The van der Waals surface area contributed by atoms with E-state index in [1.54, 1.807) is 12.4 Å². The van der Waals surface area contributed by atoms with Gasteiger partial charge < -0.3 is 10.6 Å². The van der Waals surface area contributed by atoms with E-state index in [1.165, 1.54) is 18.9 Å². The number of aromatic nitrogens is 4. The van der Waals surface area contributed by atoms with Crippen LogP contribution in [-0.2, 0) is 16.1 Å². The molecule has 1 unspecified atom stereocenters. The maximum atomic E-state index is 12.6. The van der Waals surface area contributed by atoms with E-state index in [1.807, 2.05) is 37.3 Å². The van der Waals surface area contributed by atoms with E-state index in [4.69, 9.17) is 0 Å². The normalized spacial score (nSPS) is 14.0. The lowest BCUT2D eigenvalue weighted by molar-refractivity contribution is -0.117. The van der Waals surface area contributed by atoms with Crippen molar-refractivity contribution in [1.82, 2.24) is 25.5 Å². The SMILES string of the molecule is C=CC(=O)NCc1ccc(-c2ccc(C(C)C(=O)Nc3cc(C4CC4)[nH]n3)nc2)cn1. The molecule has 31 heavy (non-hydrogen) atoms. The van der Waals surface area contributed by atoms with Gasteiger partial charge in [-0.3, -0.25) is 24.7 Å². The Hall–Kier alpha value is -3.81. The third-order valence-electron chi connectivity index (χ3n) is 5.28. The fraction of sp³-hybridized carbons (Fsp3) is 0.261. The number of nitrogens with zero attached hydrogens (tertiary/aromatic N) is 3. The first-order valence-electron chi connectivity index (χ1n) is 10.2. The average molecular weight is 416 g/mol. The van der Waals surface area contributed by atoms with Crippen LogP contribution in [0.4, 0.5) is 5.82 Å². The summed E-state index contributed by atoms with van der Waals surface area (Å²) >= 11 is 0. The fourth-order valence-corrected chi connectivity index (χ4v) is 3.15. The van der Waals surface area contributed by atoms with Crippen molar-refractivity contribution in [3.8, 4) is 11.1 Å². The molecule has 2 amide bonds. The van der Waals surface area contributed by atoms with Gasteiger partial charge in [0.05, 0.1) is 23.9 Å². The number of aromatic amines is 1. The van der Waals surface area contributed by atoms with E-state index in [-0.39, 0.29) is 11.8 Å². The summed E-state index contributed by atoms with van der Waals surface area (Å²) in [6, 6.07) is 9.44. The summed E-state index contributed by atoms with van der Waals surface area (Å²) in [5.41, 5.74) is 4.30. The third kappa shape index (κ3) is 5.03. The number of hydrogen-bond acceptors (Lipinski definition) is 5. The Labute approximate surface area is 180 Å². The largest absolute Gasteiger partial charge is 0.347 e. The highest BCUT2D eigenvalue weighted by Crippen LogP contribution is 2.39. The molecule has 3 heterocycles. The molecule has 3 aromatic rings. The Kier molecular flexibility index (Phi) is 5.88. The number of anilines is 1. The molecule has 3 aromatic heterocycles. The zero-order valence-corrected chi connectivity index (χ0v) is 17.3. The van der Waals surface area contributed by atoms with E-state index in [0.29, 0.717) is 24.0 Å². The van der Waals surface area contributed by atoms with Crippen LogP contribution in [0.25, 0.3) is 11.1 Å². The second-order valence-corrected chi connectivity index (χ2v) is 7.63. The highest BCUT2D eigenvalue weighted by molar-refractivity contribution is 5.94. The summed E-state index contributed by atoms with van der Waals surface area (Å²) in [6.07, 6.45) is 7.04. The second-order valence-electron chi connectivity index (χ2n) is 7.63. The lowest BCUT2D eigenvalue weighted by atomic mass is 10.0. The molecule has 158 valence electrons. The third-order valence-corrected chi connectivity index (χ3v) is 5.28. The minimum absolute atomic E-state index is 0.151. The van der Waals surface area contributed by atoms with Crippen LogP contribution in [-0.4, -0.2) is 32.0 Å². The number of pyridine rings is 2. The van der Waals surface area contributed by atoms with Crippen molar-refractivity contribution in [1.29, 1.82) is 0 Å². The van der Waals surface area contributed by atoms with Crippen molar-refractivity contribution in [3.05, 3.63) is 72.5 Å². The lowest BCUT2D eigenvalue weighted by Gasteiger charge is -2.11. The molecule has 0 radical (unpaired) electrons. The summed E-state index contributed by atoms with van der Waals surface area (Å²) in [5.74, 6) is 0.301. The predicted molar refractivity (Wildman–Crippen MR) is 117 cm³/mol. The average Bonchev–Trinajstić information content (AvgIpc) is 3.56. The van der Waals surface area contributed by atoms with Crippen molar-refractivity contribution >= 4 is 17.6 Å². The molecule has 0 saturated heterocycles. The lowest BCUT2D eigenvalue weighted by Crippen LogP contribution is -2.20. The number of carbonyl (C=O) groups is 2. The van der Waals surface area contributed by atoms with Crippen LogP contribution in [0.2, 0.25) is 0 Å². The number of nitrogens with one attached hydrogen (secondary N) is 3. The van der Waals surface area contributed by atoms with Gasteiger partial charge >= 0.3 is 0 Å². The number of hydrogen-bond donors (Lipinski definition) is 3. The molecule has 0 aliphatic heterocycles. The zero-order chi connectivity index (χ0) is 21.8. The Morgan fingerprint density at radius 2 is 1.94 bits per heavy atom. The molecule has 1 atom stereocenters. The van der Waals surface area contributed by atoms with Crippen molar-refractivity contribution in [2.45, 2.75) is 38.1 Å². The molecule has 0 bridgehead atoms. The number of amides is 2. The summed E-state index contributed by atoms with van der Waals surface area (Å²) in [6.45, 7) is 5.58. The minimum Gasteiger partial charge on any atom is -0.347 e. The standard InChI is InChI=1S/C23H24N6O2/c1-3-22(30)26-13-18-8-6-16(11-24-18)17-7-9-19(25-12-17)14(2)23(31)27-21-10-20(28-29-21)15-4-5-15/h3,6-12,14-15H,1,4-5,13H2,2H3,(H,26,30)(H2,27,28,29,31). The highest BCUT2D eigenvalue weighted by atomic mass is 16.2. The molecular weight excluding hydrogens is 392 g/mol. The maximum Gasteiger partial charge on any atom is 0.243 e. The summed E-state index contributed by atoms with van der Waals surface area (Å²) in [5, 5.41) is 12.7. The molecule has 1 aliphatic carbocycles. The van der Waals surface area contributed by atoms with Gasteiger partial charge in [-0.1, -0.05) is 18.7 Å². The van der Waals surface area contributed by atoms with Gasteiger partial charge in [0.15, 0.2) is 5.82 Å². The van der Waals surface area contributed by atoms with Crippen LogP contribution in [0.5, 0.6) is 0 Å². The maximum absolute atomic E-state index is 12.6. The van der Waals surface area contributed by atoms with E-state index in [0.717, 1.165) is 22.5 Å². The number of carbonyl (C=O) groups excluding carboxylic acids is 2. The van der Waals surface area contributed by atoms with Crippen molar-refractivity contribution in [2.75, 3.05) is 5.32 Å². The van der Waals surface area contributed by atoms with Crippen molar-refractivity contribution in [3.63, 3.8) is 0 Å². The van der Waals surface area contributed by atoms with Crippen LogP contribution in [0.3, 0.4) is 0 Å². The first-order chi connectivity index (χ1) is 15.0. The monoisotopic (exact) mass is 416 g/mol. The first kappa shape index (κ1) is 20.5. The van der Waals surface area contributed by atoms with E-state index in [9.17, 15) is 9.59 Å². The molecule has 0 aromatic carbocycles. The van der Waals surface area contributed by atoms with Crippen molar-refractivity contribution in [2.24, 2.45) is 0 Å². The summed E-state index contributed by atoms with van der Waals surface area (Å²) in [4.78, 5) is 32.7. The molecule has 8 heteroatoms.